The molecular weight excluding hydrogens is 354 g/mol. The summed E-state index contributed by atoms with van der Waals surface area (Å²) in [6.45, 7) is 3.64. The van der Waals surface area contributed by atoms with Crippen molar-refractivity contribution in [2.24, 2.45) is 0 Å². The van der Waals surface area contributed by atoms with Crippen LogP contribution in [0.1, 0.15) is 11.4 Å². The fourth-order valence-electron chi connectivity index (χ4n) is 3.24. The van der Waals surface area contributed by atoms with Crippen LogP contribution in [0.5, 0.6) is 0 Å². The second kappa shape index (κ2) is 7.11. The van der Waals surface area contributed by atoms with E-state index >= 15 is 0 Å². The van der Waals surface area contributed by atoms with Crippen LogP contribution in [0, 0.1) is 13.8 Å². The van der Waals surface area contributed by atoms with Crippen molar-refractivity contribution < 1.29 is 4.79 Å². The summed E-state index contributed by atoms with van der Waals surface area (Å²) in [6, 6.07) is 17.0. The molecule has 0 saturated carbocycles. The molecule has 140 valence electrons. The fourth-order valence-corrected chi connectivity index (χ4v) is 3.24. The molecule has 0 radical (unpaired) electrons. The van der Waals surface area contributed by atoms with E-state index < -0.39 is 0 Å². The molecule has 2 aromatic carbocycles. The van der Waals surface area contributed by atoms with Gasteiger partial charge in [-0.3, -0.25) is 14.2 Å². The number of rotatable bonds is 4. The number of fused-ring (bicyclic) bond motifs is 1. The molecule has 1 N–H and O–H groups in total. The molecule has 0 bridgehead atoms. The van der Waals surface area contributed by atoms with Gasteiger partial charge in [0.2, 0.25) is 5.91 Å². The number of amides is 1. The minimum absolute atomic E-state index is 0.0999. The Hall–Kier alpha value is -3.74. The van der Waals surface area contributed by atoms with Crippen LogP contribution >= 0.6 is 0 Å². The Morgan fingerprint density at radius 2 is 1.75 bits per heavy atom. The van der Waals surface area contributed by atoms with Crippen LogP contribution in [-0.4, -0.2) is 25.2 Å². The predicted molar refractivity (Wildman–Crippen MR) is 108 cm³/mol. The van der Waals surface area contributed by atoms with Gasteiger partial charge in [-0.1, -0.05) is 30.3 Å². The zero-order chi connectivity index (χ0) is 19.7. The van der Waals surface area contributed by atoms with Crippen LogP contribution in [0.4, 0.5) is 5.69 Å². The zero-order valence-electron chi connectivity index (χ0n) is 15.6. The van der Waals surface area contributed by atoms with Gasteiger partial charge in [-0.2, -0.15) is 5.10 Å². The van der Waals surface area contributed by atoms with E-state index in [1.54, 1.807) is 16.8 Å². The second-order valence-corrected chi connectivity index (χ2v) is 6.51. The largest absolute Gasteiger partial charge is 0.321 e. The van der Waals surface area contributed by atoms with Crippen LogP contribution < -0.4 is 10.9 Å². The summed E-state index contributed by atoms with van der Waals surface area (Å²) in [5, 5.41) is 7.44. The highest BCUT2D eigenvalue weighted by Gasteiger charge is 2.16. The molecule has 0 unspecified atom stereocenters. The molecule has 1 amide bonds. The molecule has 7 nitrogen and oxygen atoms in total. The molecule has 2 heterocycles. The maximum Gasteiger partial charge on any atom is 0.269 e. The summed E-state index contributed by atoms with van der Waals surface area (Å²) >= 11 is 0. The molecule has 0 spiro atoms. The molecule has 4 aromatic rings. The third kappa shape index (κ3) is 3.18. The van der Waals surface area contributed by atoms with E-state index in [1.165, 1.54) is 10.8 Å². The first-order valence-corrected chi connectivity index (χ1v) is 8.90. The van der Waals surface area contributed by atoms with Crippen molar-refractivity contribution in [2.45, 2.75) is 20.4 Å². The predicted octanol–water partition coefficient (Wildman–Crippen LogP) is 2.84. The van der Waals surface area contributed by atoms with Crippen LogP contribution in [-0.2, 0) is 11.3 Å². The zero-order valence-corrected chi connectivity index (χ0v) is 15.6. The van der Waals surface area contributed by atoms with Crippen LogP contribution in [0.25, 0.3) is 16.7 Å². The normalized spacial score (nSPS) is 10.9. The van der Waals surface area contributed by atoms with E-state index in [-0.39, 0.29) is 18.0 Å². The van der Waals surface area contributed by atoms with Crippen LogP contribution in [0.2, 0.25) is 0 Å². The monoisotopic (exact) mass is 373 g/mol. The summed E-state index contributed by atoms with van der Waals surface area (Å²) in [5.74, 6) is -0.294. The smallest absolute Gasteiger partial charge is 0.269 e. The van der Waals surface area contributed by atoms with Gasteiger partial charge >= 0.3 is 0 Å². The number of hydrogen-bond donors (Lipinski definition) is 1. The first-order chi connectivity index (χ1) is 13.5. The Morgan fingerprint density at radius 1 is 1.04 bits per heavy atom. The van der Waals surface area contributed by atoms with Crippen molar-refractivity contribution >= 4 is 22.6 Å². The molecule has 0 fully saturated rings. The first kappa shape index (κ1) is 17.7. The van der Waals surface area contributed by atoms with Gasteiger partial charge in [0.1, 0.15) is 6.54 Å². The Morgan fingerprint density at radius 3 is 2.54 bits per heavy atom. The van der Waals surface area contributed by atoms with E-state index in [2.05, 4.69) is 15.4 Å². The number of anilines is 1. The lowest BCUT2D eigenvalue weighted by Gasteiger charge is -2.10. The van der Waals surface area contributed by atoms with E-state index in [9.17, 15) is 9.59 Å². The molecule has 0 aliphatic carbocycles. The summed E-state index contributed by atoms with van der Waals surface area (Å²) in [5.41, 5.74) is 4.07. The molecule has 7 heteroatoms. The highest BCUT2D eigenvalue weighted by atomic mass is 16.2. The van der Waals surface area contributed by atoms with E-state index in [4.69, 9.17) is 0 Å². The minimum atomic E-state index is -0.317. The fraction of sp³-hybridized carbons (Fsp3) is 0.143. The van der Waals surface area contributed by atoms with Crippen molar-refractivity contribution in [3.8, 4) is 5.69 Å². The van der Waals surface area contributed by atoms with Gasteiger partial charge < -0.3 is 5.32 Å². The van der Waals surface area contributed by atoms with E-state index in [1.807, 2.05) is 56.3 Å². The quantitative estimate of drug-likeness (QED) is 0.596. The minimum Gasteiger partial charge on any atom is -0.321 e. The van der Waals surface area contributed by atoms with Gasteiger partial charge in [-0.15, -0.1) is 0 Å². The molecule has 0 aliphatic rings. The molecule has 4 rings (SSSR count). The Balaban J connectivity index is 1.63. The second-order valence-electron chi connectivity index (χ2n) is 6.51. The topological polar surface area (TPSA) is 81.8 Å². The molecule has 2 aromatic heterocycles. The van der Waals surface area contributed by atoms with Crippen molar-refractivity contribution in [1.82, 2.24) is 19.3 Å². The number of para-hydroxylation sites is 3. The number of carbonyl (C=O) groups is 1. The number of hydrogen-bond acceptors (Lipinski definition) is 4. The highest BCUT2D eigenvalue weighted by molar-refractivity contribution is 5.92. The van der Waals surface area contributed by atoms with Gasteiger partial charge in [0.25, 0.3) is 5.56 Å². The maximum absolute atomic E-state index is 12.7. The van der Waals surface area contributed by atoms with Crippen LogP contribution in [0.15, 0.2) is 65.6 Å². The van der Waals surface area contributed by atoms with Gasteiger partial charge in [-0.25, -0.2) is 9.67 Å². The molecule has 0 saturated heterocycles. The lowest BCUT2D eigenvalue weighted by Crippen LogP contribution is -2.28. The molecular formula is C21H19N5O2. The molecule has 28 heavy (non-hydrogen) atoms. The Kier molecular flexibility index (Phi) is 4.49. The Labute approximate surface area is 161 Å². The summed E-state index contributed by atoms with van der Waals surface area (Å²) in [4.78, 5) is 29.1. The van der Waals surface area contributed by atoms with Crippen molar-refractivity contribution in [3.63, 3.8) is 0 Å². The lowest BCUT2D eigenvalue weighted by molar-refractivity contribution is -0.116. The van der Waals surface area contributed by atoms with Gasteiger partial charge in [0.05, 0.1) is 40.0 Å². The third-order valence-electron chi connectivity index (χ3n) is 4.61. The first-order valence-electron chi connectivity index (χ1n) is 8.90. The average Bonchev–Trinajstić information content (AvgIpc) is 2.99. The summed E-state index contributed by atoms with van der Waals surface area (Å²) < 4.78 is 3.21. The SMILES string of the molecule is Cc1nn(-c2ccccc2)c(C)c1NC(=O)Cn1c(=O)cnc2ccccc21. The van der Waals surface area contributed by atoms with E-state index in [0.717, 1.165) is 11.4 Å². The number of nitrogens with one attached hydrogen (secondary N) is 1. The number of benzene rings is 2. The number of nitrogens with zero attached hydrogens (tertiary/aromatic N) is 4. The van der Waals surface area contributed by atoms with Gasteiger partial charge in [0.15, 0.2) is 0 Å². The number of aryl methyl sites for hydroxylation is 1. The average molecular weight is 373 g/mol. The standard InChI is InChI=1S/C21H19N5O2/c1-14-21(15(2)26(24-14)16-8-4-3-5-9-16)23-19(27)13-25-18-11-7-6-10-17(18)22-12-20(25)28/h3-12H,13H2,1-2H3,(H,23,27). The number of carbonyl (C=O) groups excluding carboxylic acids is 1. The highest BCUT2D eigenvalue weighted by Crippen LogP contribution is 2.22. The van der Waals surface area contributed by atoms with Crippen molar-refractivity contribution in [3.05, 3.63) is 82.5 Å². The maximum atomic E-state index is 12.7. The van der Waals surface area contributed by atoms with E-state index in [0.29, 0.717) is 22.4 Å². The summed E-state index contributed by atoms with van der Waals surface area (Å²) in [7, 11) is 0. The van der Waals surface area contributed by atoms with Crippen molar-refractivity contribution in [1.29, 1.82) is 0 Å². The lowest BCUT2D eigenvalue weighted by atomic mass is 10.2. The third-order valence-corrected chi connectivity index (χ3v) is 4.61. The Bertz CT molecular complexity index is 1220. The number of aromatic nitrogens is 4. The van der Waals surface area contributed by atoms with Gasteiger partial charge in [-0.05, 0) is 38.1 Å². The molecule has 0 atom stereocenters. The van der Waals surface area contributed by atoms with Crippen LogP contribution in [0.3, 0.4) is 0 Å². The van der Waals surface area contributed by atoms with Crippen molar-refractivity contribution in [2.75, 3.05) is 5.32 Å². The van der Waals surface area contributed by atoms with Gasteiger partial charge in [0, 0.05) is 0 Å². The molecule has 0 aliphatic heterocycles. The summed E-state index contributed by atoms with van der Waals surface area (Å²) in [6.07, 6.45) is 1.24.